The van der Waals surface area contributed by atoms with Crippen LogP contribution in [0.5, 0.6) is 11.5 Å². The minimum absolute atomic E-state index is 0.134. The van der Waals surface area contributed by atoms with Crippen LogP contribution in [0.3, 0.4) is 0 Å². The van der Waals surface area contributed by atoms with Gasteiger partial charge in [-0.1, -0.05) is 18.3 Å². The first kappa shape index (κ1) is 26.4. The van der Waals surface area contributed by atoms with Crippen molar-refractivity contribution in [3.05, 3.63) is 46.8 Å². The molecule has 2 aliphatic heterocycles. The van der Waals surface area contributed by atoms with Crippen molar-refractivity contribution >= 4 is 43.5 Å². The maximum atomic E-state index is 13.1. The Morgan fingerprint density at radius 3 is 2.39 bits per heavy atom. The molecule has 2 aliphatic rings. The zero-order chi connectivity index (χ0) is 26.9. The fraction of sp³-hybridized carbons (Fsp3) is 0.423. The number of thiazole rings is 1. The number of benzene rings is 2. The molecule has 0 N–H and O–H groups in total. The Kier molecular flexibility index (Phi) is 7.55. The first-order chi connectivity index (χ1) is 18.3. The molecule has 0 aliphatic carbocycles. The predicted molar refractivity (Wildman–Crippen MR) is 141 cm³/mol. The molecule has 0 radical (unpaired) electrons. The highest BCUT2D eigenvalue weighted by atomic mass is 32.2. The summed E-state index contributed by atoms with van der Waals surface area (Å²) in [6.45, 7) is 5.77. The monoisotopic (exact) mass is 559 g/mol. The summed E-state index contributed by atoms with van der Waals surface area (Å²) in [5.74, 6) is 0.636. The topological polar surface area (TPSA) is 117 Å². The second-order valence-corrected chi connectivity index (χ2v) is 12.2. The van der Waals surface area contributed by atoms with E-state index >= 15 is 0 Å². The molecule has 1 saturated heterocycles. The fourth-order valence-corrected chi connectivity index (χ4v) is 6.98. The lowest BCUT2D eigenvalue weighted by Gasteiger charge is -2.29. The van der Waals surface area contributed by atoms with Gasteiger partial charge in [-0.25, -0.2) is 8.42 Å². The largest absolute Gasteiger partial charge is 0.486 e. The average molecular weight is 560 g/mol. The second kappa shape index (κ2) is 10.9. The minimum Gasteiger partial charge on any atom is -0.486 e. The molecule has 38 heavy (non-hydrogen) atoms. The molecule has 1 fully saturated rings. The normalized spacial score (nSPS) is 17.1. The van der Waals surface area contributed by atoms with Crippen LogP contribution < -0.4 is 14.3 Å². The summed E-state index contributed by atoms with van der Waals surface area (Å²) in [4.78, 5) is 30.2. The van der Waals surface area contributed by atoms with Gasteiger partial charge in [-0.05, 0) is 49.9 Å². The van der Waals surface area contributed by atoms with E-state index in [2.05, 4.69) is 11.9 Å². The standard InChI is InChI=1S/C26H29N3O7S2/c1-3-34-24(30)16-29-20-14-21-22(36-13-12-35-21)15-23(20)37-26(29)27-25(31)18-4-6-19(7-5-18)38(32,33)28-10-8-17(2)9-11-28/h4-7,14-15,17H,3,8-13,16H2,1-2H3. The Bertz CT molecular complexity index is 1530. The van der Waals surface area contributed by atoms with Gasteiger partial charge in [0, 0.05) is 30.8 Å². The average Bonchev–Trinajstić information content (AvgIpc) is 3.23. The molecule has 3 aromatic rings. The first-order valence-electron chi connectivity index (χ1n) is 12.5. The number of sulfonamides is 1. The number of carbonyl (C=O) groups is 2. The second-order valence-electron chi connectivity index (χ2n) is 9.27. The lowest BCUT2D eigenvalue weighted by molar-refractivity contribution is -0.143. The van der Waals surface area contributed by atoms with Crippen molar-refractivity contribution in [1.82, 2.24) is 8.87 Å². The van der Waals surface area contributed by atoms with E-state index in [4.69, 9.17) is 14.2 Å². The molecule has 2 aromatic carbocycles. The first-order valence-corrected chi connectivity index (χ1v) is 14.8. The van der Waals surface area contributed by atoms with Gasteiger partial charge < -0.3 is 18.8 Å². The van der Waals surface area contributed by atoms with Gasteiger partial charge in [0.1, 0.15) is 19.8 Å². The number of esters is 1. The summed E-state index contributed by atoms with van der Waals surface area (Å²) in [6.07, 6.45) is 1.66. The molecule has 1 amide bonds. The van der Waals surface area contributed by atoms with Crippen LogP contribution in [0.4, 0.5) is 0 Å². The van der Waals surface area contributed by atoms with Crippen LogP contribution >= 0.6 is 11.3 Å². The van der Waals surface area contributed by atoms with Gasteiger partial charge in [0.05, 0.1) is 21.7 Å². The summed E-state index contributed by atoms with van der Waals surface area (Å²) >= 11 is 1.24. The fourth-order valence-electron chi connectivity index (χ4n) is 4.48. The zero-order valence-corrected chi connectivity index (χ0v) is 22.8. The predicted octanol–water partition coefficient (Wildman–Crippen LogP) is 3.20. The maximum absolute atomic E-state index is 13.1. The van der Waals surface area contributed by atoms with Crippen molar-refractivity contribution in [2.45, 2.75) is 38.1 Å². The van der Waals surface area contributed by atoms with Crippen LogP contribution in [0.2, 0.25) is 0 Å². The smallest absolute Gasteiger partial charge is 0.326 e. The van der Waals surface area contributed by atoms with E-state index in [0.717, 1.165) is 17.5 Å². The molecule has 5 rings (SSSR count). The van der Waals surface area contributed by atoms with Crippen molar-refractivity contribution in [3.63, 3.8) is 0 Å². The number of amides is 1. The van der Waals surface area contributed by atoms with Crippen molar-refractivity contribution in [2.24, 2.45) is 10.9 Å². The number of ether oxygens (including phenoxy) is 3. The Hall–Kier alpha value is -3.22. The number of hydrogen-bond acceptors (Lipinski definition) is 8. The minimum atomic E-state index is -3.62. The quantitative estimate of drug-likeness (QED) is 0.426. The molecule has 3 heterocycles. The number of carbonyl (C=O) groups excluding carboxylic acids is 2. The van der Waals surface area contributed by atoms with Gasteiger partial charge in [0.25, 0.3) is 5.91 Å². The number of rotatable bonds is 6. The molecule has 1 aromatic heterocycles. The Morgan fingerprint density at radius 2 is 1.74 bits per heavy atom. The van der Waals surface area contributed by atoms with E-state index in [9.17, 15) is 18.0 Å². The van der Waals surface area contributed by atoms with Crippen molar-refractivity contribution in [2.75, 3.05) is 32.9 Å². The highest BCUT2D eigenvalue weighted by molar-refractivity contribution is 7.89. The van der Waals surface area contributed by atoms with Crippen LogP contribution in [-0.4, -0.2) is 62.1 Å². The van der Waals surface area contributed by atoms with Gasteiger partial charge in [0.15, 0.2) is 16.3 Å². The molecule has 10 nitrogen and oxygen atoms in total. The van der Waals surface area contributed by atoms with Gasteiger partial charge >= 0.3 is 5.97 Å². The molecule has 0 bridgehead atoms. The molecule has 0 saturated carbocycles. The molecule has 0 atom stereocenters. The third-order valence-corrected chi connectivity index (χ3v) is 9.57. The van der Waals surface area contributed by atoms with Crippen LogP contribution in [0.25, 0.3) is 10.2 Å². The number of fused-ring (bicyclic) bond motifs is 2. The SMILES string of the molecule is CCOC(=O)Cn1c(=NC(=O)c2ccc(S(=O)(=O)N3CCC(C)CC3)cc2)sc2cc3c(cc21)OCCO3. The highest BCUT2D eigenvalue weighted by Crippen LogP contribution is 2.35. The van der Waals surface area contributed by atoms with Gasteiger partial charge in [-0.15, -0.1) is 0 Å². The molecule has 12 heteroatoms. The summed E-state index contributed by atoms with van der Waals surface area (Å²) in [7, 11) is -3.62. The van der Waals surface area contributed by atoms with E-state index in [1.807, 2.05) is 0 Å². The Balaban J connectivity index is 1.47. The number of hydrogen-bond donors (Lipinski definition) is 0. The van der Waals surface area contributed by atoms with Crippen LogP contribution in [0, 0.1) is 5.92 Å². The lowest BCUT2D eigenvalue weighted by atomic mass is 10.0. The molecule has 0 spiro atoms. The summed E-state index contributed by atoms with van der Waals surface area (Å²) in [5.41, 5.74) is 0.901. The van der Waals surface area contributed by atoms with Gasteiger partial charge in [-0.2, -0.15) is 9.30 Å². The number of aromatic nitrogens is 1. The van der Waals surface area contributed by atoms with E-state index in [1.165, 1.54) is 39.9 Å². The molecule has 0 unspecified atom stereocenters. The Labute approximate surface area is 224 Å². The van der Waals surface area contributed by atoms with Crippen LogP contribution in [0.15, 0.2) is 46.3 Å². The molecule has 202 valence electrons. The Morgan fingerprint density at radius 1 is 1.08 bits per heavy atom. The van der Waals surface area contributed by atoms with Crippen molar-refractivity contribution in [3.8, 4) is 11.5 Å². The summed E-state index contributed by atoms with van der Waals surface area (Å²) in [5, 5.41) is 0. The summed E-state index contributed by atoms with van der Waals surface area (Å²) < 4.78 is 46.4. The maximum Gasteiger partial charge on any atom is 0.326 e. The van der Waals surface area contributed by atoms with Crippen molar-refractivity contribution < 1.29 is 32.2 Å². The number of nitrogens with zero attached hydrogens (tertiary/aromatic N) is 3. The van der Waals surface area contributed by atoms with E-state index in [-0.39, 0.29) is 23.6 Å². The van der Waals surface area contributed by atoms with Crippen molar-refractivity contribution in [1.29, 1.82) is 0 Å². The summed E-state index contributed by atoms with van der Waals surface area (Å²) in [6, 6.07) is 9.39. The highest BCUT2D eigenvalue weighted by Gasteiger charge is 2.28. The molecular weight excluding hydrogens is 530 g/mol. The third-order valence-electron chi connectivity index (χ3n) is 6.62. The zero-order valence-electron chi connectivity index (χ0n) is 21.2. The van der Waals surface area contributed by atoms with E-state index in [1.54, 1.807) is 23.6 Å². The van der Waals surface area contributed by atoms with Crippen LogP contribution in [-0.2, 0) is 26.1 Å². The van der Waals surface area contributed by atoms with Gasteiger partial charge in [0.2, 0.25) is 10.0 Å². The van der Waals surface area contributed by atoms with E-state index in [0.29, 0.717) is 54.0 Å². The van der Waals surface area contributed by atoms with Gasteiger partial charge in [-0.3, -0.25) is 9.59 Å². The van der Waals surface area contributed by atoms with E-state index < -0.39 is 21.9 Å². The lowest BCUT2D eigenvalue weighted by Crippen LogP contribution is -2.37. The number of piperidine rings is 1. The van der Waals surface area contributed by atoms with Crippen LogP contribution in [0.1, 0.15) is 37.0 Å². The molecular formula is C26H29N3O7S2. The third kappa shape index (κ3) is 5.33.